The quantitative estimate of drug-likeness (QED) is 0.358. The number of hydrogen-bond acceptors (Lipinski definition) is 2. The molecule has 3 aromatic rings. The molecule has 0 saturated carbocycles. The maximum absolute atomic E-state index is 13.1. The van der Waals surface area contributed by atoms with Crippen LogP contribution in [0.25, 0.3) is 22.8 Å². The summed E-state index contributed by atoms with van der Waals surface area (Å²) >= 11 is 0. The van der Waals surface area contributed by atoms with Gasteiger partial charge in [-0.3, -0.25) is 9.36 Å². The van der Waals surface area contributed by atoms with E-state index in [-0.39, 0.29) is 37.3 Å². The van der Waals surface area contributed by atoms with Gasteiger partial charge in [-0.15, -0.1) is 0 Å². The standard InChI is InChI=1S/C23H19F6N3O/c24-22(25,26)15-10-12-31(13-11-15)21(33)9-8-20-30-18-14-16(23(27,28)29)6-7-19(18)32(20)17-4-2-1-3-5-17/h1-9,14-15H,10-13H2. The SMILES string of the molecule is O=C(C=Cc1nc2cc(C(F)(F)F)ccc2n1-c1ccccc1)N1CCC(C(F)(F)F)CC1. The number of halogens is 6. The first kappa shape index (κ1) is 22.9. The Kier molecular flexibility index (Phi) is 5.94. The number of nitrogens with zero attached hydrogens (tertiary/aromatic N) is 3. The van der Waals surface area contributed by atoms with Gasteiger partial charge >= 0.3 is 12.4 Å². The van der Waals surface area contributed by atoms with E-state index >= 15 is 0 Å². The molecule has 4 rings (SSSR count). The van der Waals surface area contributed by atoms with Crippen molar-refractivity contribution < 1.29 is 31.1 Å². The first-order valence-electron chi connectivity index (χ1n) is 10.2. The molecule has 10 heteroatoms. The number of alkyl halides is 6. The zero-order chi connectivity index (χ0) is 23.8. The van der Waals surface area contributed by atoms with Crippen LogP contribution < -0.4 is 0 Å². The molecule has 4 nitrogen and oxygen atoms in total. The number of aromatic nitrogens is 2. The highest BCUT2D eigenvalue weighted by molar-refractivity contribution is 5.92. The van der Waals surface area contributed by atoms with Gasteiger partial charge in [-0.25, -0.2) is 4.98 Å². The van der Waals surface area contributed by atoms with Crippen molar-refractivity contribution in [1.29, 1.82) is 0 Å². The van der Waals surface area contributed by atoms with Crippen molar-refractivity contribution >= 4 is 23.0 Å². The first-order valence-corrected chi connectivity index (χ1v) is 10.2. The Bertz CT molecular complexity index is 1170. The zero-order valence-corrected chi connectivity index (χ0v) is 17.2. The van der Waals surface area contributed by atoms with Crippen molar-refractivity contribution in [2.45, 2.75) is 25.2 Å². The molecule has 0 bridgehead atoms. The summed E-state index contributed by atoms with van der Waals surface area (Å²) in [6, 6.07) is 12.0. The molecule has 1 aliphatic heterocycles. The van der Waals surface area contributed by atoms with E-state index in [0.29, 0.717) is 11.2 Å². The van der Waals surface area contributed by atoms with Crippen LogP contribution in [0, 0.1) is 5.92 Å². The van der Waals surface area contributed by atoms with E-state index in [9.17, 15) is 31.1 Å². The number of likely N-dealkylation sites (tertiary alicyclic amines) is 1. The largest absolute Gasteiger partial charge is 0.416 e. The van der Waals surface area contributed by atoms with Gasteiger partial charge in [0.1, 0.15) is 5.82 Å². The highest BCUT2D eigenvalue weighted by atomic mass is 19.4. The molecule has 0 atom stereocenters. The van der Waals surface area contributed by atoms with Crippen molar-refractivity contribution in [3.63, 3.8) is 0 Å². The Morgan fingerprint density at radius 2 is 1.64 bits per heavy atom. The molecule has 1 amide bonds. The highest BCUT2D eigenvalue weighted by Gasteiger charge is 2.41. The first-order chi connectivity index (χ1) is 15.5. The van der Waals surface area contributed by atoms with E-state index in [1.807, 2.05) is 0 Å². The number of carbonyl (C=O) groups excluding carboxylic acids is 1. The molecule has 0 spiro atoms. The predicted molar refractivity (Wildman–Crippen MR) is 110 cm³/mol. The summed E-state index contributed by atoms with van der Waals surface area (Å²) in [5.74, 6) is -1.66. The molecule has 33 heavy (non-hydrogen) atoms. The van der Waals surface area contributed by atoms with Crippen molar-refractivity contribution in [2.24, 2.45) is 5.92 Å². The normalized spacial score (nSPS) is 16.1. The number of imidazole rings is 1. The van der Waals surface area contributed by atoms with Crippen molar-refractivity contribution in [2.75, 3.05) is 13.1 Å². The van der Waals surface area contributed by atoms with Crippen molar-refractivity contribution in [3.8, 4) is 5.69 Å². The van der Waals surface area contributed by atoms with Crippen LogP contribution in [0.4, 0.5) is 26.3 Å². The van der Waals surface area contributed by atoms with Crippen molar-refractivity contribution in [1.82, 2.24) is 14.5 Å². The van der Waals surface area contributed by atoms with Crippen LogP contribution in [0.5, 0.6) is 0 Å². The molecule has 0 aliphatic carbocycles. The molecule has 1 fully saturated rings. The second kappa shape index (κ2) is 8.57. The molecule has 1 saturated heterocycles. The number of rotatable bonds is 3. The third kappa shape index (κ3) is 4.89. The highest BCUT2D eigenvalue weighted by Crippen LogP contribution is 2.35. The van der Waals surface area contributed by atoms with Crippen LogP contribution in [0.15, 0.2) is 54.6 Å². The Morgan fingerprint density at radius 1 is 0.970 bits per heavy atom. The van der Waals surface area contributed by atoms with Gasteiger partial charge in [0, 0.05) is 24.9 Å². The lowest BCUT2D eigenvalue weighted by Gasteiger charge is -2.32. The molecule has 0 unspecified atom stereocenters. The molecule has 1 aliphatic rings. The van der Waals surface area contributed by atoms with Crippen LogP contribution in [-0.4, -0.2) is 39.6 Å². The number of benzene rings is 2. The van der Waals surface area contributed by atoms with Crippen molar-refractivity contribution in [3.05, 3.63) is 66.0 Å². The molecule has 0 radical (unpaired) electrons. The lowest BCUT2D eigenvalue weighted by Crippen LogP contribution is -2.41. The van der Waals surface area contributed by atoms with Crippen LogP contribution in [0.1, 0.15) is 24.2 Å². The Balaban J connectivity index is 1.64. The van der Waals surface area contributed by atoms with E-state index in [1.165, 1.54) is 23.1 Å². The van der Waals surface area contributed by atoms with Gasteiger partial charge in [-0.2, -0.15) is 26.3 Å². The van der Waals surface area contributed by atoms with Gasteiger partial charge in [0.15, 0.2) is 0 Å². The molecule has 2 aromatic carbocycles. The average molecular weight is 467 g/mol. The minimum Gasteiger partial charge on any atom is -0.339 e. The van der Waals surface area contributed by atoms with Gasteiger partial charge in [0.2, 0.25) is 5.91 Å². The topological polar surface area (TPSA) is 38.1 Å². The van der Waals surface area contributed by atoms with Crippen LogP contribution >= 0.6 is 0 Å². The molecule has 2 heterocycles. The summed E-state index contributed by atoms with van der Waals surface area (Å²) in [6.45, 7) is -0.0329. The second-order valence-corrected chi connectivity index (χ2v) is 7.82. The Morgan fingerprint density at radius 3 is 2.24 bits per heavy atom. The van der Waals surface area contributed by atoms with Gasteiger partial charge in [0.25, 0.3) is 0 Å². The fraction of sp³-hybridized carbons (Fsp3) is 0.304. The van der Waals surface area contributed by atoms with Gasteiger partial charge in [-0.05, 0) is 49.2 Å². The fourth-order valence-electron chi connectivity index (χ4n) is 3.91. The maximum Gasteiger partial charge on any atom is 0.416 e. The third-order valence-corrected chi connectivity index (χ3v) is 5.67. The lowest BCUT2D eigenvalue weighted by atomic mass is 9.96. The number of hydrogen-bond donors (Lipinski definition) is 0. The number of amides is 1. The zero-order valence-electron chi connectivity index (χ0n) is 17.2. The number of para-hydroxylation sites is 1. The van der Waals surface area contributed by atoms with E-state index < -0.39 is 29.7 Å². The molecule has 0 N–H and O–H groups in total. The fourth-order valence-corrected chi connectivity index (χ4v) is 3.91. The average Bonchev–Trinajstić information content (AvgIpc) is 3.14. The Labute approximate surface area is 185 Å². The van der Waals surface area contributed by atoms with Crippen LogP contribution in [-0.2, 0) is 11.0 Å². The summed E-state index contributed by atoms with van der Waals surface area (Å²) in [5.41, 5.74) is 0.323. The Hall–Kier alpha value is -3.30. The summed E-state index contributed by atoms with van der Waals surface area (Å²) in [7, 11) is 0. The lowest BCUT2D eigenvalue weighted by molar-refractivity contribution is -0.186. The second-order valence-electron chi connectivity index (χ2n) is 7.82. The van der Waals surface area contributed by atoms with E-state index in [0.717, 1.165) is 12.1 Å². The van der Waals surface area contributed by atoms with Gasteiger partial charge in [-0.1, -0.05) is 18.2 Å². The summed E-state index contributed by atoms with van der Waals surface area (Å²) in [6.07, 6.45) is -6.56. The minimum atomic E-state index is -4.53. The third-order valence-electron chi connectivity index (χ3n) is 5.67. The molecular weight excluding hydrogens is 448 g/mol. The van der Waals surface area contributed by atoms with E-state index in [2.05, 4.69) is 4.98 Å². The molecule has 1 aromatic heterocycles. The minimum absolute atomic E-state index is 0.0165. The summed E-state index contributed by atoms with van der Waals surface area (Å²) in [4.78, 5) is 18.2. The number of piperidine rings is 1. The number of carbonyl (C=O) groups is 1. The van der Waals surface area contributed by atoms with E-state index in [4.69, 9.17) is 0 Å². The number of fused-ring (bicyclic) bond motifs is 1. The molecular formula is C23H19F6N3O. The smallest absolute Gasteiger partial charge is 0.339 e. The van der Waals surface area contributed by atoms with Gasteiger partial charge < -0.3 is 4.90 Å². The van der Waals surface area contributed by atoms with Crippen LogP contribution in [0.3, 0.4) is 0 Å². The van der Waals surface area contributed by atoms with E-state index in [1.54, 1.807) is 34.9 Å². The molecule has 174 valence electrons. The predicted octanol–water partition coefficient (Wildman–Crippen LogP) is 5.86. The van der Waals surface area contributed by atoms with Gasteiger partial charge in [0.05, 0.1) is 22.5 Å². The maximum atomic E-state index is 13.1. The summed E-state index contributed by atoms with van der Waals surface area (Å²) < 4.78 is 79.6. The monoisotopic (exact) mass is 467 g/mol. The summed E-state index contributed by atoms with van der Waals surface area (Å²) in [5, 5.41) is 0. The van der Waals surface area contributed by atoms with Crippen LogP contribution in [0.2, 0.25) is 0 Å².